The van der Waals surface area contributed by atoms with Gasteiger partial charge in [-0.25, -0.2) is 0 Å². The van der Waals surface area contributed by atoms with Crippen molar-refractivity contribution < 1.29 is 29.3 Å². The van der Waals surface area contributed by atoms with Gasteiger partial charge in [0, 0.05) is 12.8 Å². The van der Waals surface area contributed by atoms with Crippen LogP contribution in [0.1, 0.15) is 194 Å². The van der Waals surface area contributed by atoms with E-state index >= 15 is 0 Å². The Labute approximate surface area is 272 Å². The Morgan fingerprint density at radius 3 is 1.36 bits per heavy atom. The minimum Gasteiger partial charge on any atom is -0.462 e. The van der Waals surface area contributed by atoms with Crippen molar-refractivity contribution in [3.8, 4) is 0 Å². The Morgan fingerprint density at radius 1 is 0.500 bits per heavy atom. The van der Waals surface area contributed by atoms with Crippen LogP contribution in [-0.2, 0) is 19.1 Å². The largest absolute Gasteiger partial charge is 0.462 e. The van der Waals surface area contributed by atoms with Gasteiger partial charge in [-0.3, -0.25) is 9.59 Å². The van der Waals surface area contributed by atoms with E-state index in [0.717, 1.165) is 103 Å². The van der Waals surface area contributed by atoms with Gasteiger partial charge in [0.2, 0.25) is 0 Å². The van der Waals surface area contributed by atoms with Crippen molar-refractivity contribution in [1.29, 1.82) is 0 Å². The van der Waals surface area contributed by atoms with Crippen molar-refractivity contribution in [3.05, 3.63) is 12.2 Å². The van der Waals surface area contributed by atoms with Gasteiger partial charge < -0.3 is 19.7 Å². The topological polar surface area (TPSA) is 93.1 Å². The zero-order chi connectivity index (χ0) is 32.4. The second-order valence-corrected chi connectivity index (χ2v) is 12.8. The Balaban J connectivity index is 3.40. The van der Waals surface area contributed by atoms with E-state index < -0.39 is 0 Å². The molecule has 0 bridgehead atoms. The lowest BCUT2D eigenvalue weighted by Gasteiger charge is -2.10. The van der Waals surface area contributed by atoms with Gasteiger partial charge in [-0.15, -0.1) is 0 Å². The van der Waals surface area contributed by atoms with Gasteiger partial charge in [-0.1, -0.05) is 142 Å². The summed E-state index contributed by atoms with van der Waals surface area (Å²) in [6.07, 6.45) is 33.5. The van der Waals surface area contributed by atoms with E-state index in [9.17, 15) is 19.8 Å². The van der Waals surface area contributed by atoms with E-state index in [2.05, 4.69) is 26.0 Å². The number of esters is 2. The lowest BCUT2D eigenvalue weighted by Crippen LogP contribution is -2.13. The number of aliphatic hydroxyl groups is 2. The zero-order valence-electron chi connectivity index (χ0n) is 29.1. The average molecular weight is 625 g/mol. The van der Waals surface area contributed by atoms with E-state index in [1.165, 1.54) is 64.2 Å². The first-order valence-corrected chi connectivity index (χ1v) is 18.8. The summed E-state index contributed by atoms with van der Waals surface area (Å²) in [5.41, 5.74) is 0. The maximum Gasteiger partial charge on any atom is 0.305 e. The van der Waals surface area contributed by atoms with Crippen LogP contribution in [0.2, 0.25) is 0 Å². The van der Waals surface area contributed by atoms with Gasteiger partial charge in [0.1, 0.15) is 13.2 Å². The maximum atomic E-state index is 11.9. The second-order valence-electron chi connectivity index (χ2n) is 12.8. The quantitative estimate of drug-likeness (QED) is 0.0420. The number of unbranched alkanes of at least 4 members (excludes halogenated alkanes) is 18. The second kappa shape index (κ2) is 34.5. The van der Waals surface area contributed by atoms with Crippen molar-refractivity contribution in [1.82, 2.24) is 0 Å². The fourth-order valence-corrected chi connectivity index (χ4v) is 5.47. The summed E-state index contributed by atoms with van der Waals surface area (Å²) < 4.78 is 10.4. The standard InChI is InChI=1S/C38H72O6/c1-3-5-7-21-27-35(39)29-23-17-13-9-11-15-19-25-31-37(41)43-33-34-44-38(42)32-26-20-16-12-10-14-18-24-30-36(40)28-22-8-6-4-2/h17,23,35-36,39-40H,3-16,18-22,24-34H2,1-2H3/b23-17-. The summed E-state index contributed by atoms with van der Waals surface area (Å²) in [6, 6.07) is 0. The van der Waals surface area contributed by atoms with Crippen molar-refractivity contribution in [3.63, 3.8) is 0 Å². The Morgan fingerprint density at radius 2 is 0.886 bits per heavy atom. The molecule has 0 rings (SSSR count). The van der Waals surface area contributed by atoms with E-state index in [0.29, 0.717) is 12.8 Å². The molecular formula is C38H72O6. The number of allylic oxidation sites excluding steroid dienone is 1. The highest BCUT2D eigenvalue weighted by Gasteiger charge is 2.07. The number of aliphatic hydroxyl groups excluding tert-OH is 2. The fourth-order valence-electron chi connectivity index (χ4n) is 5.47. The molecule has 2 atom stereocenters. The molecule has 0 heterocycles. The van der Waals surface area contributed by atoms with Gasteiger partial charge in [0.15, 0.2) is 0 Å². The third-order valence-electron chi connectivity index (χ3n) is 8.39. The minimum absolute atomic E-state index is 0.111. The number of hydrogen-bond acceptors (Lipinski definition) is 6. The van der Waals surface area contributed by atoms with E-state index in [-0.39, 0.29) is 37.4 Å². The third-order valence-corrected chi connectivity index (χ3v) is 8.39. The Bertz CT molecular complexity index is 649. The van der Waals surface area contributed by atoms with Crippen molar-refractivity contribution >= 4 is 11.9 Å². The molecule has 260 valence electrons. The van der Waals surface area contributed by atoms with Crippen LogP contribution in [0.3, 0.4) is 0 Å². The highest BCUT2D eigenvalue weighted by atomic mass is 16.6. The van der Waals surface area contributed by atoms with Crippen LogP contribution in [0.25, 0.3) is 0 Å². The first-order valence-electron chi connectivity index (χ1n) is 18.8. The maximum absolute atomic E-state index is 11.9. The lowest BCUT2D eigenvalue weighted by atomic mass is 10.0. The summed E-state index contributed by atoms with van der Waals surface area (Å²) in [4.78, 5) is 23.8. The van der Waals surface area contributed by atoms with Crippen LogP contribution in [0.4, 0.5) is 0 Å². The molecule has 0 aliphatic heterocycles. The van der Waals surface area contributed by atoms with Crippen LogP contribution >= 0.6 is 0 Å². The van der Waals surface area contributed by atoms with Crippen LogP contribution in [0, 0.1) is 0 Å². The summed E-state index contributed by atoms with van der Waals surface area (Å²) in [5, 5.41) is 20.0. The third kappa shape index (κ3) is 33.5. The van der Waals surface area contributed by atoms with Gasteiger partial charge >= 0.3 is 11.9 Å². The molecule has 6 nitrogen and oxygen atoms in total. The number of carbonyl (C=O) groups is 2. The number of rotatable bonds is 34. The number of ether oxygens (including phenoxy) is 2. The molecular weight excluding hydrogens is 552 g/mol. The summed E-state index contributed by atoms with van der Waals surface area (Å²) in [7, 11) is 0. The molecule has 0 aromatic carbocycles. The van der Waals surface area contributed by atoms with Crippen LogP contribution in [0.15, 0.2) is 12.2 Å². The molecule has 0 spiro atoms. The zero-order valence-corrected chi connectivity index (χ0v) is 29.1. The first kappa shape index (κ1) is 42.6. The van der Waals surface area contributed by atoms with E-state index in [4.69, 9.17) is 9.47 Å². The first-order chi connectivity index (χ1) is 21.5. The predicted molar refractivity (Wildman–Crippen MR) is 184 cm³/mol. The summed E-state index contributed by atoms with van der Waals surface area (Å²) >= 11 is 0. The summed E-state index contributed by atoms with van der Waals surface area (Å²) in [6.45, 7) is 4.70. The molecule has 2 N–H and O–H groups in total. The molecule has 0 aromatic rings. The molecule has 0 saturated carbocycles. The molecule has 0 aliphatic rings. The van der Waals surface area contributed by atoms with Crippen LogP contribution < -0.4 is 0 Å². The average Bonchev–Trinajstić information content (AvgIpc) is 3.01. The molecule has 6 heteroatoms. The van der Waals surface area contributed by atoms with E-state index in [1.54, 1.807) is 0 Å². The predicted octanol–water partition coefficient (Wildman–Crippen LogP) is 10.3. The van der Waals surface area contributed by atoms with Gasteiger partial charge in [-0.05, 0) is 51.4 Å². The minimum atomic E-state index is -0.212. The normalized spacial score (nSPS) is 12.9. The van der Waals surface area contributed by atoms with Crippen molar-refractivity contribution in [2.75, 3.05) is 13.2 Å². The smallest absolute Gasteiger partial charge is 0.305 e. The fraction of sp³-hybridized carbons (Fsp3) is 0.895. The molecule has 0 amide bonds. The van der Waals surface area contributed by atoms with Gasteiger partial charge in [0.05, 0.1) is 12.2 Å². The van der Waals surface area contributed by atoms with E-state index in [1.807, 2.05) is 0 Å². The van der Waals surface area contributed by atoms with Crippen molar-refractivity contribution in [2.45, 2.75) is 206 Å². The molecule has 0 radical (unpaired) electrons. The Hall–Kier alpha value is -1.40. The highest BCUT2D eigenvalue weighted by molar-refractivity contribution is 5.70. The lowest BCUT2D eigenvalue weighted by molar-refractivity contribution is -0.152. The van der Waals surface area contributed by atoms with Gasteiger partial charge in [-0.2, -0.15) is 0 Å². The van der Waals surface area contributed by atoms with Crippen LogP contribution in [0.5, 0.6) is 0 Å². The molecule has 44 heavy (non-hydrogen) atoms. The van der Waals surface area contributed by atoms with Crippen molar-refractivity contribution in [2.24, 2.45) is 0 Å². The number of carbonyl (C=O) groups excluding carboxylic acids is 2. The number of hydrogen-bond donors (Lipinski definition) is 2. The monoisotopic (exact) mass is 625 g/mol. The molecule has 0 fully saturated rings. The molecule has 0 aromatic heterocycles. The van der Waals surface area contributed by atoms with Gasteiger partial charge in [0.25, 0.3) is 0 Å². The molecule has 2 unspecified atom stereocenters. The van der Waals surface area contributed by atoms with Crippen LogP contribution in [-0.4, -0.2) is 47.6 Å². The summed E-state index contributed by atoms with van der Waals surface area (Å²) in [5.74, 6) is -0.418. The molecule has 0 aliphatic carbocycles. The highest BCUT2D eigenvalue weighted by Crippen LogP contribution is 2.15. The molecule has 0 saturated heterocycles. The SMILES string of the molecule is CCCCCCC(O)C/C=C\CCCCCCCC(=O)OCCOC(=O)CCCCCCCCCCC(O)CCCCCC. The Kier molecular flexibility index (Phi) is 33.4.